The van der Waals surface area contributed by atoms with E-state index in [9.17, 15) is 19.5 Å². The molecule has 5 rings (SSSR count). The van der Waals surface area contributed by atoms with Crippen LogP contribution in [0.4, 0.5) is 5.69 Å². The molecule has 10 heteroatoms. The molecule has 0 spiro atoms. The number of benzene rings is 2. The van der Waals surface area contributed by atoms with E-state index in [1.807, 2.05) is 41.4 Å². The van der Waals surface area contributed by atoms with Crippen LogP contribution in [0.2, 0.25) is 0 Å². The first-order chi connectivity index (χ1) is 20.2. The molecule has 2 aliphatic rings. The number of likely N-dealkylation sites (N-methyl/N-ethyl adjacent to an activating group) is 1. The first-order valence-electron chi connectivity index (χ1n) is 14.7. The van der Waals surface area contributed by atoms with Gasteiger partial charge in [0.15, 0.2) is 0 Å². The molecular weight excluding hydrogens is 532 g/mol. The van der Waals surface area contributed by atoms with Gasteiger partial charge in [-0.1, -0.05) is 37.3 Å². The summed E-state index contributed by atoms with van der Waals surface area (Å²) >= 11 is 0. The van der Waals surface area contributed by atoms with E-state index < -0.39 is 5.60 Å². The van der Waals surface area contributed by atoms with Crippen LogP contribution in [-0.4, -0.2) is 93.1 Å². The minimum absolute atomic E-state index is 0.0793. The highest BCUT2D eigenvalue weighted by molar-refractivity contribution is 6.00. The molecular formula is C32H40N6O4. The quantitative estimate of drug-likeness (QED) is 0.400. The summed E-state index contributed by atoms with van der Waals surface area (Å²) in [4.78, 5) is 49.2. The van der Waals surface area contributed by atoms with E-state index in [1.165, 1.54) is 17.0 Å². The Balaban J connectivity index is 1.16. The molecule has 2 fully saturated rings. The fraction of sp³-hybridized carbons (Fsp3) is 0.438. The summed E-state index contributed by atoms with van der Waals surface area (Å²) in [5, 5.41) is 14.5. The number of hydrogen-bond donors (Lipinski definition) is 2. The minimum Gasteiger partial charge on any atom is -0.388 e. The van der Waals surface area contributed by atoms with Crippen molar-refractivity contribution in [2.45, 2.75) is 44.2 Å². The molecule has 42 heavy (non-hydrogen) atoms. The van der Waals surface area contributed by atoms with Gasteiger partial charge < -0.3 is 25.1 Å². The zero-order valence-electron chi connectivity index (χ0n) is 24.4. The number of anilines is 1. The van der Waals surface area contributed by atoms with E-state index in [1.54, 1.807) is 18.2 Å². The van der Waals surface area contributed by atoms with Crippen LogP contribution >= 0.6 is 0 Å². The Morgan fingerprint density at radius 1 is 1.05 bits per heavy atom. The lowest BCUT2D eigenvalue weighted by atomic mass is 9.90. The largest absolute Gasteiger partial charge is 0.388 e. The van der Waals surface area contributed by atoms with E-state index in [0.29, 0.717) is 48.9 Å². The molecule has 0 bridgehead atoms. The number of nitrogens with one attached hydrogen (secondary N) is 1. The molecule has 2 aliphatic heterocycles. The van der Waals surface area contributed by atoms with Crippen molar-refractivity contribution in [3.8, 4) is 0 Å². The summed E-state index contributed by atoms with van der Waals surface area (Å²) in [6.07, 6.45) is 5.97. The maximum atomic E-state index is 13.2. The number of aliphatic hydroxyl groups is 1. The molecule has 3 aromatic rings. The number of aromatic nitrogens is 2. The molecule has 0 aliphatic carbocycles. The van der Waals surface area contributed by atoms with Gasteiger partial charge in [0.1, 0.15) is 0 Å². The van der Waals surface area contributed by atoms with Crippen molar-refractivity contribution >= 4 is 28.4 Å². The number of piperazine rings is 1. The van der Waals surface area contributed by atoms with Crippen molar-refractivity contribution in [2.24, 2.45) is 0 Å². The van der Waals surface area contributed by atoms with Gasteiger partial charge in [0, 0.05) is 63.7 Å². The highest BCUT2D eigenvalue weighted by Gasteiger charge is 2.35. The molecule has 2 aromatic carbocycles. The fourth-order valence-electron chi connectivity index (χ4n) is 5.61. The summed E-state index contributed by atoms with van der Waals surface area (Å²) < 4.78 is 1.44. The molecule has 0 unspecified atom stereocenters. The minimum atomic E-state index is -1.11. The Labute approximate surface area is 246 Å². The van der Waals surface area contributed by atoms with Crippen LogP contribution in [0.3, 0.4) is 0 Å². The number of carbonyl (C=O) groups excluding carboxylic acids is 2. The highest BCUT2D eigenvalue weighted by Crippen LogP contribution is 2.26. The first kappa shape index (κ1) is 29.5. The van der Waals surface area contributed by atoms with E-state index in [0.717, 1.165) is 31.7 Å². The summed E-state index contributed by atoms with van der Waals surface area (Å²) in [6.45, 7) is 6.73. The maximum Gasteiger partial charge on any atom is 0.261 e. The average Bonchev–Trinajstić information content (AvgIpc) is 2.99. The number of hydrogen-bond acceptors (Lipinski definition) is 7. The molecule has 0 saturated carbocycles. The number of rotatable bonds is 8. The molecule has 3 heterocycles. The molecule has 222 valence electrons. The topological polar surface area (TPSA) is 111 Å². The third-order valence-electron chi connectivity index (χ3n) is 8.43. The second-order valence-corrected chi connectivity index (χ2v) is 11.7. The predicted octanol–water partition coefficient (Wildman–Crippen LogP) is 2.64. The standard InChI is InChI=1S/C32H40N6O4/c1-24(25-6-4-3-5-7-25)20-30(40)37-14-11-32(42,12-15-37)22-38-23-33-28-21-26(8-9-27(28)31(38)41)34-29(39)10-13-36-18-16-35(2)17-19-36/h3-10,13,21,23-24,42H,11-12,14-20,22H2,1-2H3,(H,34,39)/t24-/m0/s1. The zero-order valence-corrected chi connectivity index (χ0v) is 24.4. The number of piperidine rings is 1. The Bertz CT molecular complexity index is 1490. The lowest BCUT2D eigenvalue weighted by molar-refractivity contribution is -0.136. The molecule has 2 saturated heterocycles. The Hall–Kier alpha value is -4.02. The molecule has 10 nitrogen and oxygen atoms in total. The molecule has 2 N–H and O–H groups in total. The summed E-state index contributed by atoms with van der Waals surface area (Å²) in [5.41, 5.74) is 0.798. The third-order valence-corrected chi connectivity index (χ3v) is 8.43. The first-order valence-corrected chi connectivity index (χ1v) is 14.7. The van der Waals surface area contributed by atoms with Gasteiger partial charge in [-0.2, -0.15) is 0 Å². The lowest BCUT2D eigenvalue weighted by Crippen LogP contribution is -2.49. The molecule has 1 atom stereocenters. The highest BCUT2D eigenvalue weighted by atomic mass is 16.3. The van der Waals surface area contributed by atoms with Crippen LogP contribution in [0, 0.1) is 0 Å². The van der Waals surface area contributed by atoms with Gasteiger partial charge in [0.25, 0.3) is 5.56 Å². The van der Waals surface area contributed by atoms with E-state index in [4.69, 9.17) is 0 Å². The van der Waals surface area contributed by atoms with Gasteiger partial charge >= 0.3 is 0 Å². The van der Waals surface area contributed by atoms with Crippen LogP contribution in [0.1, 0.15) is 37.7 Å². The van der Waals surface area contributed by atoms with Crippen molar-refractivity contribution < 1.29 is 14.7 Å². The van der Waals surface area contributed by atoms with Crippen molar-refractivity contribution in [3.05, 3.63) is 83.1 Å². The molecule has 0 radical (unpaired) electrons. The Morgan fingerprint density at radius 2 is 1.76 bits per heavy atom. The molecule has 2 amide bonds. The Morgan fingerprint density at radius 3 is 2.48 bits per heavy atom. The van der Waals surface area contributed by atoms with Crippen LogP contribution in [0.15, 0.2) is 71.9 Å². The van der Waals surface area contributed by atoms with E-state index in [2.05, 4.69) is 34.1 Å². The second kappa shape index (κ2) is 12.9. The smallest absolute Gasteiger partial charge is 0.261 e. The summed E-state index contributed by atoms with van der Waals surface area (Å²) in [7, 11) is 2.08. The van der Waals surface area contributed by atoms with Crippen molar-refractivity contribution in [1.29, 1.82) is 0 Å². The predicted molar refractivity (Wildman–Crippen MR) is 163 cm³/mol. The van der Waals surface area contributed by atoms with E-state index >= 15 is 0 Å². The van der Waals surface area contributed by atoms with Gasteiger partial charge in [-0.25, -0.2) is 4.98 Å². The third kappa shape index (κ3) is 7.24. The molecule has 1 aromatic heterocycles. The van der Waals surface area contributed by atoms with Crippen LogP contribution in [0.25, 0.3) is 10.9 Å². The number of amides is 2. The normalized spacial score (nSPS) is 18.4. The van der Waals surface area contributed by atoms with Crippen molar-refractivity contribution in [2.75, 3.05) is 51.6 Å². The van der Waals surface area contributed by atoms with Gasteiger partial charge in [-0.3, -0.25) is 19.0 Å². The number of fused-ring (bicyclic) bond motifs is 1. The maximum absolute atomic E-state index is 13.2. The van der Waals surface area contributed by atoms with Crippen LogP contribution in [-0.2, 0) is 16.1 Å². The van der Waals surface area contributed by atoms with Crippen molar-refractivity contribution in [1.82, 2.24) is 24.3 Å². The van der Waals surface area contributed by atoms with Crippen molar-refractivity contribution in [3.63, 3.8) is 0 Å². The van der Waals surface area contributed by atoms with E-state index in [-0.39, 0.29) is 29.8 Å². The average molecular weight is 573 g/mol. The van der Waals surface area contributed by atoms with Gasteiger partial charge in [-0.15, -0.1) is 0 Å². The second-order valence-electron chi connectivity index (χ2n) is 11.7. The summed E-state index contributed by atoms with van der Waals surface area (Å²) in [6, 6.07) is 15.0. The monoisotopic (exact) mass is 572 g/mol. The lowest BCUT2D eigenvalue weighted by Gasteiger charge is -2.38. The van der Waals surface area contributed by atoms with Crippen LogP contribution < -0.4 is 10.9 Å². The van der Waals surface area contributed by atoms with Gasteiger partial charge in [0.05, 0.1) is 29.4 Å². The summed E-state index contributed by atoms with van der Waals surface area (Å²) in [5.74, 6) is -0.0482. The van der Waals surface area contributed by atoms with Gasteiger partial charge in [-0.05, 0) is 49.6 Å². The number of nitrogens with zero attached hydrogens (tertiary/aromatic N) is 5. The number of carbonyl (C=O) groups is 2. The number of likely N-dealkylation sites (tertiary alicyclic amines) is 1. The fourth-order valence-corrected chi connectivity index (χ4v) is 5.61. The van der Waals surface area contributed by atoms with Crippen LogP contribution in [0.5, 0.6) is 0 Å². The van der Waals surface area contributed by atoms with Gasteiger partial charge in [0.2, 0.25) is 11.8 Å². The Kier molecular flexibility index (Phi) is 9.03. The zero-order chi connectivity index (χ0) is 29.7. The SMILES string of the molecule is C[C@@H](CC(=O)N1CCC(O)(Cn2cnc3cc(NC(=O)C=CN4CCN(C)CC4)ccc3c2=O)CC1)c1ccccc1.